The molecule has 2 heterocycles. The molecule has 0 aromatic carbocycles. The summed E-state index contributed by atoms with van der Waals surface area (Å²) < 4.78 is 1.87. The minimum absolute atomic E-state index is 0.379. The molecule has 0 bridgehead atoms. The third-order valence-electron chi connectivity index (χ3n) is 3.62. The maximum absolute atomic E-state index is 5.93. The van der Waals surface area contributed by atoms with Crippen molar-refractivity contribution >= 4 is 11.3 Å². The van der Waals surface area contributed by atoms with Crippen LogP contribution in [-0.2, 0) is 0 Å². The summed E-state index contributed by atoms with van der Waals surface area (Å²) in [5.74, 6) is 0.929. The zero-order valence-corrected chi connectivity index (χ0v) is 10.6. The molecule has 5 heteroatoms. The van der Waals surface area contributed by atoms with Crippen LogP contribution < -0.4 is 11.1 Å². The normalized spacial score (nSPS) is 24.3. The van der Waals surface area contributed by atoms with Crippen molar-refractivity contribution in [1.82, 2.24) is 14.6 Å². The van der Waals surface area contributed by atoms with E-state index in [9.17, 15) is 0 Å². The smallest absolute Gasteiger partial charge is 0.152 e. The molecule has 3 N–H and O–H groups in total. The van der Waals surface area contributed by atoms with Crippen LogP contribution in [0.25, 0.3) is 5.52 Å². The molecule has 0 amide bonds. The van der Waals surface area contributed by atoms with E-state index >= 15 is 0 Å². The van der Waals surface area contributed by atoms with Crippen LogP contribution in [0.15, 0.2) is 18.5 Å². The van der Waals surface area contributed by atoms with E-state index in [2.05, 4.69) is 21.5 Å². The molecule has 1 saturated carbocycles. The number of fused-ring (bicyclic) bond motifs is 1. The van der Waals surface area contributed by atoms with E-state index in [1.54, 1.807) is 6.20 Å². The van der Waals surface area contributed by atoms with Gasteiger partial charge < -0.3 is 11.1 Å². The zero-order valence-electron chi connectivity index (χ0n) is 10.6. The maximum Gasteiger partial charge on any atom is 0.152 e. The molecule has 0 radical (unpaired) electrons. The van der Waals surface area contributed by atoms with Crippen LogP contribution in [0.3, 0.4) is 0 Å². The molecular formula is C13H19N5. The van der Waals surface area contributed by atoms with Gasteiger partial charge in [-0.1, -0.05) is 0 Å². The lowest BCUT2D eigenvalue weighted by Gasteiger charge is -2.27. The molecule has 5 nitrogen and oxygen atoms in total. The van der Waals surface area contributed by atoms with Crippen LogP contribution in [0.4, 0.5) is 5.82 Å². The van der Waals surface area contributed by atoms with Crippen LogP contribution in [0.5, 0.6) is 0 Å². The first-order valence-corrected chi connectivity index (χ1v) is 6.55. The van der Waals surface area contributed by atoms with Gasteiger partial charge in [-0.2, -0.15) is 5.10 Å². The van der Waals surface area contributed by atoms with Gasteiger partial charge in [0.1, 0.15) is 5.52 Å². The summed E-state index contributed by atoms with van der Waals surface area (Å²) in [6.45, 7) is 2.00. The van der Waals surface area contributed by atoms with Gasteiger partial charge in [-0.05, 0) is 38.7 Å². The average Bonchev–Trinajstić information content (AvgIpc) is 2.73. The van der Waals surface area contributed by atoms with E-state index in [0.29, 0.717) is 12.1 Å². The number of hydrogen-bond acceptors (Lipinski definition) is 4. The van der Waals surface area contributed by atoms with Gasteiger partial charge in [0.05, 0.1) is 5.69 Å². The Bertz CT molecular complexity index is 539. The Kier molecular flexibility index (Phi) is 2.91. The van der Waals surface area contributed by atoms with Crippen molar-refractivity contribution in [2.24, 2.45) is 5.73 Å². The van der Waals surface area contributed by atoms with Gasteiger partial charge in [0.25, 0.3) is 0 Å². The predicted octanol–water partition coefficient (Wildman–Crippen LogP) is 1.72. The average molecular weight is 245 g/mol. The zero-order chi connectivity index (χ0) is 12.5. The van der Waals surface area contributed by atoms with Crippen molar-refractivity contribution in [1.29, 1.82) is 0 Å². The number of aryl methyl sites for hydroxylation is 1. The number of nitrogens with one attached hydrogen (secondary N) is 1. The number of nitrogens with zero attached hydrogens (tertiary/aromatic N) is 3. The minimum atomic E-state index is 0.379. The molecular weight excluding hydrogens is 226 g/mol. The second-order valence-corrected chi connectivity index (χ2v) is 5.15. The summed E-state index contributed by atoms with van der Waals surface area (Å²) >= 11 is 0. The minimum Gasteiger partial charge on any atom is -0.366 e. The van der Waals surface area contributed by atoms with E-state index in [1.165, 1.54) is 0 Å². The Labute approximate surface area is 106 Å². The Morgan fingerprint density at radius 2 is 2.11 bits per heavy atom. The van der Waals surface area contributed by atoms with Crippen LogP contribution >= 0.6 is 0 Å². The quantitative estimate of drug-likeness (QED) is 0.845. The van der Waals surface area contributed by atoms with E-state index in [4.69, 9.17) is 5.73 Å². The predicted molar refractivity (Wildman–Crippen MR) is 71.6 cm³/mol. The summed E-state index contributed by atoms with van der Waals surface area (Å²) in [6.07, 6.45) is 8.10. The number of aromatic nitrogens is 3. The number of hydrogen-bond donors (Lipinski definition) is 2. The topological polar surface area (TPSA) is 68.2 Å². The molecule has 18 heavy (non-hydrogen) atoms. The van der Waals surface area contributed by atoms with E-state index in [-0.39, 0.29) is 0 Å². The highest BCUT2D eigenvalue weighted by atomic mass is 15.2. The van der Waals surface area contributed by atoms with Gasteiger partial charge in [-0.15, -0.1) is 0 Å². The van der Waals surface area contributed by atoms with Gasteiger partial charge in [-0.25, -0.2) is 9.50 Å². The molecule has 2 aromatic rings. The Hall–Kier alpha value is -1.62. The van der Waals surface area contributed by atoms with Crippen molar-refractivity contribution in [2.45, 2.75) is 44.7 Å². The van der Waals surface area contributed by atoms with E-state index in [1.807, 2.05) is 17.6 Å². The second-order valence-electron chi connectivity index (χ2n) is 5.15. The highest BCUT2D eigenvalue weighted by molar-refractivity contribution is 5.68. The molecule has 96 valence electrons. The number of rotatable bonds is 2. The SMILES string of the molecule is Cc1cc2c(NC3CCC(N)CC3)nccn2n1. The number of anilines is 1. The van der Waals surface area contributed by atoms with Gasteiger partial charge in [0, 0.05) is 24.5 Å². The summed E-state index contributed by atoms with van der Waals surface area (Å²) in [4.78, 5) is 4.43. The third-order valence-corrected chi connectivity index (χ3v) is 3.62. The van der Waals surface area contributed by atoms with E-state index < -0.39 is 0 Å². The molecule has 0 aliphatic heterocycles. The fourth-order valence-electron chi connectivity index (χ4n) is 2.61. The van der Waals surface area contributed by atoms with Gasteiger partial charge >= 0.3 is 0 Å². The standard InChI is InChI=1S/C13H19N5/c1-9-8-12-13(15-6-7-18(12)17-9)16-11-4-2-10(14)3-5-11/h6-8,10-11H,2-5,14H2,1H3,(H,15,16). The lowest BCUT2D eigenvalue weighted by Crippen LogP contribution is -2.33. The Morgan fingerprint density at radius 3 is 2.89 bits per heavy atom. The largest absolute Gasteiger partial charge is 0.366 e. The highest BCUT2D eigenvalue weighted by Crippen LogP contribution is 2.22. The van der Waals surface area contributed by atoms with Crippen LogP contribution in [-0.4, -0.2) is 26.7 Å². The lowest BCUT2D eigenvalue weighted by atomic mass is 9.92. The monoisotopic (exact) mass is 245 g/mol. The first-order chi connectivity index (χ1) is 8.72. The summed E-state index contributed by atoms with van der Waals surface area (Å²) in [5.41, 5.74) is 7.98. The Morgan fingerprint density at radius 1 is 1.33 bits per heavy atom. The molecule has 0 spiro atoms. The van der Waals surface area contributed by atoms with E-state index in [0.717, 1.165) is 42.7 Å². The van der Waals surface area contributed by atoms with Crippen LogP contribution in [0.1, 0.15) is 31.4 Å². The van der Waals surface area contributed by atoms with Crippen molar-refractivity contribution in [3.05, 3.63) is 24.2 Å². The maximum atomic E-state index is 5.93. The fourth-order valence-corrected chi connectivity index (χ4v) is 2.61. The van der Waals surface area contributed by atoms with Gasteiger partial charge in [-0.3, -0.25) is 0 Å². The molecule has 0 saturated heterocycles. The molecule has 3 rings (SSSR count). The summed E-state index contributed by atoms with van der Waals surface area (Å²) in [7, 11) is 0. The lowest BCUT2D eigenvalue weighted by molar-refractivity contribution is 0.410. The molecule has 1 fully saturated rings. The highest BCUT2D eigenvalue weighted by Gasteiger charge is 2.19. The molecule has 0 atom stereocenters. The molecule has 1 aliphatic rings. The van der Waals surface area contributed by atoms with Crippen molar-refractivity contribution in [3.63, 3.8) is 0 Å². The molecule has 2 aromatic heterocycles. The summed E-state index contributed by atoms with van der Waals surface area (Å²) in [6, 6.07) is 2.92. The number of nitrogens with two attached hydrogens (primary N) is 1. The molecule has 0 unspecified atom stereocenters. The van der Waals surface area contributed by atoms with Gasteiger partial charge in [0.15, 0.2) is 5.82 Å². The van der Waals surface area contributed by atoms with Crippen LogP contribution in [0.2, 0.25) is 0 Å². The Balaban J connectivity index is 1.82. The van der Waals surface area contributed by atoms with Crippen LogP contribution in [0, 0.1) is 6.92 Å². The van der Waals surface area contributed by atoms with Crippen molar-refractivity contribution in [2.75, 3.05) is 5.32 Å². The summed E-state index contributed by atoms with van der Waals surface area (Å²) in [5, 5.41) is 7.93. The van der Waals surface area contributed by atoms with Crippen molar-refractivity contribution in [3.8, 4) is 0 Å². The van der Waals surface area contributed by atoms with Gasteiger partial charge in [0.2, 0.25) is 0 Å². The first kappa shape index (κ1) is 11.5. The first-order valence-electron chi connectivity index (χ1n) is 6.55. The fraction of sp³-hybridized carbons (Fsp3) is 0.538. The molecule has 1 aliphatic carbocycles. The second kappa shape index (κ2) is 4.57. The van der Waals surface area contributed by atoms with Crippen molar-refractivity contribution < 1.29 is 0 Å². The third kappa shape index (κ3) is 2.18.